The molecule has 0 aliphatic heterocycles. The molecule has 0 bridgehead atoms. The molecule has 0 spiro atoms. The molecule has 0 aliphatic carbocycles. The molecule has 0 saturated heterocycles. The van der Waals surface area contributed by atoms with Crippen LogP contribution in [0, 0.1) is 0 Å². The summed E-state index contributed by atoms with van der Waals surface area (Å²) >= 11 is 3.48. The third kappa shape index (κ3) is 3.93. The number of hydrogen-bond donors (Lipinski definition) is 0. The van der Waals surface area contributed by atoms with Crippen LogP contribution in [0.4, 0.5) is 0 Å². The molecular formula is C7H15BrO. The molecule has 0 fully saturated rings. The van der Waals surface area contributed by atoms with Gasteiger partial charge in [-0.1, -0.05) is 29.8 Å². The number of rotatable bonds is 4. The van der Waals surface area contributed by atoms with Gasteiger partial charge < -0.3 is 4.74 Å². The molecule has 2 heteroatoms. The Morgan fingerprint density at radius 2 is 2.00 bits per heavy atom. The summed E-state index contributed by atoms with van der Waals surface area (Å²) in [6, 6.07) is 0. The van der Waals surface area contributed by atoms with Crippen LogP contribution in [0.25, 0.3) is 0 Å². The molecule has 0 aromatic heterocycles. The van der Waals surface area contributed by atoms with Crippen LogP contribution in [-0.4, -0.2) is 17.5 Å². The quantitative estimate of drug-likeness (QED) is 0.626. The van der Waals surface area contributed by atoms with E-state index in [1.165, 1.54) is 0 Å². The van der Waals surface area contributed by atoms with Crippen molar-refractivity contribution >= 4 is 15.9 Å². The van der Waals surface area contributed by atoms with Gasteiger partial charge in [0.1, 0.15) is 0 Å². The van der Waals surface area contributed by atoms with Gasteiger partial charge in [-0.3, -0.25) is 0 Å². The van der Waals surface area contributed by atoms with E-state index in [1.54, 1.807) is 0 Å². The summed E-state index contributed by atoms with van der Waals surface area (Å²) in [5.74, 6) is 0. The first-order chi connectivity index (χ1) is 4.22. The number of hydrogen-bond acceptors (Lipinski definition) is 1. The maximum absolute atomic E-state index is 5.41. The highest BCUT2D eigenvalue weighted by Gasteiger charge is 2.10. The molecule has 0 N–H and O–H groups in total. The largest absolute Gasteiger partial charge is 0.377 e. The first-order valence-electron chi connectivity index (χ1n) is 3.48. The Bertz CT molecular complexity index is 63.9. The van der Waals surface area contributed by atoms with E-state index in [0.29, 0.717) is 10.9 Å². The third-order valence-electron chi connectivity index (χ3n) is 1.30. The Kier molecular flexibility index (Phi) is 5.50. The number of halogens is 1. The SMILES string of the molecule is CCOC(CC)C(C)Br. The summed E-state index contributed by atoms with van der Waals surface area (Å²) in [5, 5.41) is 0. The maximum Gasteiger partial charge on any atom is 0.0694 e. The average Bonchev–Trinajstić information content (AvgIpc) is 1.82. The number of ether oxygens (including phenoxy) is 1. The predicted octanol–water partition coefficient (Wildman–Crippen LogP) is 2.58. The summed E-state index contributed by atoms with van der Waals surface area (Å²) in [5.41, 5.74) is 0. The molecule has 2 atom stereocenters. The highest BCUT2D eigenvalue weighted by molar-refractivity contribution is 9.09. The van der Waals surface area contributed by atoms with Crippen LogP contribution in [-0.2, 0) is 4.74 Å². The molecule has 0 saturated carbocycles. The van der Waals surface area contributed by atoms with Crippen molar-refractivity contribution < 1.29 is 4.74 Å². The zero-order valence-electron chi connectivity index (χ0n) is 6.36. The van der Waals surface area contributed by atoms with E-state index in [2.05, 4.69) is 29.8 Å². The normalized spacial score (nSPS) is 17.3. The Balaban J connectivity index is 3.41. The molecule has 0 radical (unpaired) electrons. The lowest BCUT2D eigenvalue weighted by Gasteiger charge is -2.16. The van der Waals surface area contributed by atoms with Crippen LogP contribution in [0.2, 0.25) is 0 Å². The van der Waals surface area contributed by atoms with Crippen molar-refractivity contribution in [2.75, 3.05) is 6.61 Å². The van der Waals surface area contributed by atoms with Crippen molar-refractivity contribution in [3.8, 4) is 0 Å². The molecule has 0 amide bonds. The first kappa shape index (κ1) is 9.44. The summed E-state index contributed by atoms with van der Waals surface area (Å²) in [6.45, 7) is 7.09. The summed E-state index contributed by atoms with van der Waals surface area (Å²) in [7, 11) is 0. The second kappa shape index (κ2) is 5.24. The molecule has 0 aliphatic rings. The van der Waals surface area contributed by atoms with Crippen molar-refractivity contribution in [2.45, 2.75) is 38.1 Å². The fourth-order valence-electron chi connectivity index (χ4n) is 0.789. The van der Waals surface area contributed by atoms with Crippen LogP contribution in [0.1, 0.15) is 27.2 Å². The minimum Gasteiger partial charge on any atom is -0.377 e. The lowest BCUT2D eigenvalue weighted by atomic mass is 10.2. The summed E-state index contributed by atoms with van der Waals surface area (Å²) in [6.07, 6.45) is 1.47. The van der Waals surface area contributed by atoms with Crippen LogP contribution in [0.15, 0.2) is 0 Å². The number of alkyl halides is 1. The third-order valence-corrected chi connectivity index (χ3v) is 1.89. The lowest BCUT2D eigenvalue weighted by molar-refractivity contribution is 0.0629. The Labute approximate surface area is 65.9 Å². The average molecular weight is 195 g/mol. The standard InChI is InChI=1S/C7H15BrO/c1-4-7(6(3)8)9-5-2/h6-7H,4-5H2,1-3H3. The Hall–Kier alpha value is 0.440. The zero-order valence-corrected chi connectivity index (χ0v) is 7.94. The molecule has 1 nitrogen and oxygen atoms in total. The molecule has 0 heterocycles. The van der Waals surface area contributed by atoms with Gasteiger partial charge in [-0.25, -0.2) is 0 Å². The summed E-state index contributed by atoms with van der Waals surface area (Å²) < 4.78 is 5.41. The lowest BCUT2D eigenvalue weighted by Crippen LogP contribution is -2.20. The van der Waals surface area contributed by atoms with Gasteiger partial charge >= 0.3 is 0 Å². The van der Waals surface area contributed by atoms with E-state index in [0.717, 1.165) is 13.0 Å². The highest BCUT2D eigenvalue weighted by Crippen LogP contribution is 2.11. The monoisotopic (exact) mass is 194 g/mol. The van der Waals surface area contributed by atoms with E-state index in [-0.39, 0.29) is 0 Å². The second-order valence-electron chi connectivity index (χ2n) is 2.08. The van der Waals surface area contributed by atoms with Crippen LogP contribution in [0.5, 0.6) is 0 Å². The van der Waals surface area contributed by atoms with Crippen molar-refractivity contribution in [1.82, 2.24) is 0 Å². The fourth-order valence-corrected chi connectivity index (χ4v) is 1.32. The van der Waals surface area contributed by atoms with Gasteiger partial charge in [-0.15, -0.1) is 0 Å². The second-order valence-corrected chi connectivity index (χ2v) is 3.52. The summed E-state index contributed by atoms with van der Waals surface area (Å²) in [4.78, 5) is 0.474. The minimum atomic E-state index is 0.384. The topological polar surface area (TPSA) is 9.23 Å². The molecule has 0 rings (SSSR count). The van der Waals surface area contributed by atoms with E-state index in [9.17, 15) is 0 Å². The van der Waals surface area contributed by atoms with Gasteiger partial charge in [0.05, 0.1) is 6.10 Å². The molecule has 0 aromatic carbocycles. The van der Waals surface area contributed by atoms with Crippen LogP contribution >= 0.6 is 15.9 Å². The van der Waals surface area contributed by atoms with E-state index in [4.69, 9.17) is 4.74 Å². The van der Waals surface area contributed by atoms with Gasteiger partial charge in [-0.2, -0.15) is 0 Å². The molecular weight excluding hydrogens is 180 g/mol. The minimum absolute atomic E-state index is 0.384. The van der Waals surface area contributed by atoms with Crippen molar-refractivity contribution in [3.05, 3.63) is 0 Å². The zero-order chi connectivity index (χ0) is 7.28. The Morgan fingerprint density at radius 1 is 1.44 bits per heavy atom. The van der Waals surface area contributed by atoms with Gasteiger partial charge in [-0.05, 0) is 13.3 Å². The van der Waals surface area contributed by atoms with E-state index in [1.807, 2.05) is 6.92 Å². The smallest absolute Gasteiger partial charge is 0.0694 e. The van der Waals surface area contributed by atoms with Crippen molar-refractivity contribution in [3.63, 3.8) is 0 Å². The van der Waals surface area contributed by atoms with Crippen LogP contribution < -0.4 is 0 Å². The van der Waals surface area contributed by atoms with Gasteiger partial charge in [0.25, 0.3) is 0 Å². The maximum atomic E-state index is 5.41. The molecule has 9 heavy (non-hydrogen) atoms. The highest BCUT2D eigenvalue weighted by atomic mass is 79.9. The van der Waals surface area contributed by atoms with Crippen molar-refractivity contribution in [2.24, 2.45) is 0 Å². The van der Waals surface area contributed by atoms with E-state index < -0.39 is 0 Å². The molecule has 56 valence electrons. The first-order valence-corrected chi connectivity index (χ1v) is 4.39. The Morgan fingerprint density at radius 3 is 2.11 bits per heavy atom. The van der Waals surface area contributed by atoms with Crippen LogP contribution in [0.3, 0.4) is 0 Å². The molecule has 2 unspecified atom stereocenters. The van der Waals surface area contributed by atoms with Gasteiger partial charge in [0.2, 0.25) is 0 Å². The predicted molar refractivity (Wildman–Crippen MR) is 44.1 cm³/mol. The van der Waals surface area contributed by atoms with Crippen molar-refractivity contribution in [1.29, 1.82) is 0 Å². The van der Waals surface area contributed by atoms with Gasteiger partial charge in [0.15, 0.2) is 0 Å². The molecule has 0 aromatic rings. The van der Waals surface area contributed by atoms with E-state index >= 15 is 0 Å². The fraction of sp³-hybridized carbons (Fsp3) is 1.00. The van der Waals surface area contributed by atoms with Gasteiger partial charge in [0, 0.05) is 11.4 Å².